The summed E-state index contributed by atoms with van der Waals surface area (Å²) in [6, 6.07) is 5.48. The number of hydrogen-bond donors (Lipinski definition) is 2. The van der Waals surface area contributed by atoms with Gasteiger partial charge in [0.15, 0.2) is 17.1 Å². The molecule has 0 saturated heterocycles. The SMILES string of the molecule is CCc1oc2c(OCC(O)CNC(C)(C)C)cccc2c1C(C)=O. The molecule has 0 saturated carbocycles. The number of benzene rings is 1. The summed E-state index contributed by atoms with van der Waals surface area (Å²) >= 11 is 0. The molecular weight excluding hydrogens is 306 g/mol. The number of carbonyl (C=O) groups is 1. The molecule has 24 heavy (non-hydrogen) atoms. The summed E-state index contributed by atoms with van der Waals surface area (Å²) < 4.78 is 11.6. The van der Waals surface area contributed by atoms with Crippen LogP contribution in [0.4, 0.5) is 0 Å². The lowest BCUT2D eigenvalue weighted by Gasteiger charge is -2.22. The lowest BCUT2D eigenvalue weighted by molar-refractivity contribution is 0.100. The molecule has 0 aliphatic rings. The van der Waals surface area contributed by atoms with Gasteiger partial charge in [-0.05, 0) is 33.8 Å². The Hall–Kier alpha value is -1.85. The first-order valence-corrected chi connectivity index (χ1v) is 8.34. The Kier molecular flexibility index (Phi) is 5.67. The third kappa shape index (κ3) is 4.36. The molecule has 2 aromatic rings. The summed E-state index contributed by atoms with van der Waals surface area (Å²) in [7, 11) is 0. The van der Waals surface area contributed by atoms with E-state index in [1.165, 1.54) is 0 Å². The first kappa shape index (κ1) is 18.5. The summed E-state index contributed by atoms with van der Waals surface area (Å²) in [4.78, 5) is 11.9. The van der Waals surface area contributed by atoms with Gasteiger partial charge in [0, 0.05) is 23.9 Å². The molecule has 2 N–H and O–H groups in total. The van der Waals surface area contributed by atoms with Crippen LogP contribution in [0, 0.1) is 0 Å². The third-order valence-corrected chi connectivity index (χ3v) is 3.72. The van der Waals surface area contributed by atoms with Crippen molar-refractivity contribution in [1.82, 2.24) is 5.32 Å². The number of ketones is 1. The van der Waals surface area contributed by atoms with Gasteiger partial charge in [-0.3, -0.25) is 4.79 Å². The van der Waals surface area contributed by atoms with Gasteiger partial charge in [0.05, 0.1) is 5.56 Å². The highest BCUT2D eigenvalue weighted by molar-refractivity contribution is 6.08. The quantitative estimate of drug-likeness (QED) is 0.761. The normalized spacial score (nSPS) is 13.2. The number of carbonyl (C=O) groups excluding carboxylic acids is 1. The van der Waals surface area contributed by atoms with Crippen molar-refractivity contribution in [3.05, 3.63) is 29.5 Å². The van der Waals surface area contributed by atoms with Crippen LogP contribution in [-0.4, -0.2) is 35.7 Å². The smallest absolute Gasteiger partial charge is 0.176 e. The van der Waals surface area contributed by atoms with Crippen LogP contribution in [0.25, 0.3) is 11.0 Å². The Morgan fingerprint density at radius 1 is 1.38 bits per heavy atom. The van der Waals surface area contributed by atoms with Crippen molar-refractivity contribution < 1.29 is 19.1 Å². The number of aliphatic hydroxyl groups excluding tert-OH is 1. The zero-order chi connectivity index (χ0) is 17.9. The van der Waals surface area contributed by atoms with E-state index in [9.17, 15) is 9.90 Å². The average Bonchev–Trinajstić information content (AvgIpc) is 2.89. The number of fused-ring (bicyclic) bond motifs is 1. The van der Waals surface area contributed by atoms with Crippen LogP contribution in [0.2, 0.25) is 0 Å². The maximum atomic E-state index is 11.9. The second-order valence-corrected chi connectivity index (χ2v) is 7.04. The van der Waals surface area contributed by atoms with E-state index in [0.717, 1.165) is 5.39 Å². The van der Waals surface area contributed by atoms with E-state index in [-0.39, 0.29) is 17.9 Å². The van der Waals surface area contributed by atoms with Crippen LogP contribution in [0.1, 0.15) is 50.7 Å². The van der Waals surface area contributed by atoms with Gasteiger partial charge in [0.1, 0.15) is 18.5 Å². The molecule has 1 unspecified atom stereocenters. The lowest BCUT2D eigenvalue weighted by atomic mass is 10.1. The summed E-state index contributed by atoms with van der Waals surface area (Å²) in [5.74, 6) is 1.20. The minimum Gasteiger partial charge on any atom is -0.487 e. The monoisotopic (exact) mass is 333 g/mol. The summed E-state index contributed by atoms with van der Waals surface area (Å²) in [5, 5.41) is 14.1. The second-order valence-electron chi connectivity index (χ2n) is 7.04. The topological polar surface area (TPSA) is 71.7 Å². The molecule has 0 aliphatic heterocycles. The molecular formula is C19H27NO4. The summed E-state index contributed by atoms with van der Waals surface area (Å²) in [5.41, 5.74) is 1.12. The fraction of sp³-hybridized carbons (Fsp3) is 0.526. The Morgan fingerprint density at radius 2 is 2.08 bits per heavy atom. The molecule has 132 valence electrons. The van der Waals surface area contributed by atoms with Crippen molar-refractivity contribution in [3.63, 3.8) is 0 Å². The van der Waals surface area contributed by atoms with Gasteiger partial charge in [-0.15, -0.1) is 0 Å². The van der Waals surface area contributed by atoms with E-state index in [2.05, 4.69) is 5.32 Å². The van der Waals surface area contributed by atoms with Gasteiger partial charge in [-0.2, -0.15) is 0 Å². The second kappa shape index (κ2) is 7.36. The molecule has 0 spiro atoms. The highest BCUT2D eigenvalue weighted by Crippen LogP contribution is 2.33. The van der Waals surface area contributed by atoms with E-state index in [4.69, 9.17) is 9.15 Å². The highest BCUT2D eigenvalue weighted by Gasteiger charge is 2.20. The van der Waals surface area contributed by atoms with Crippen LogP contribution in [0.15, 0.2) is 22.6 Å². The van der Waals surface area contributed by atoms with Crippen molar-refractivity contribution in [2.45, 2.75) is 52.7 Å². The molecule has 0 fully saturated rings. The zero-order valence-electron chi connectivity index (χ0n) is 15.1. The number of nitrogens with one attached hydrogen (secondary N) is 1. The van der Waals surface area contributed by atoms with Crippen LogP contribution in [0.3, 0.4) is 0 Å². The van der Waals surface area contributed by atoms with E-state index < -0.39 is 6.10 Å². The van der Waals surface area contributed by atoms with Gasteiger partial charge in [0.25, 0.3) is 0 Å². The Bertz CT molecular complexity index is 712. The van der Waals surface area contributed by atoms with Gasteiger partial charge in [-0.25, -0.2) is 0 Å². The van der Waals surface area contributed by atoms with Gasteiger partial charge >= 0.3 is 0 Å². The Labute approximate surface area is 143 Å². The minimum atomic E-state index is -0.632. The van der Waals surface area contributed by atoms with E-state index >= 15 is 0 Å². The molecule has 5 nitrogen and oxygen atoms in total. The number of rotatable bonds is 7. The molecule has 1 atom stereocenters. The number of aryl methyl sites for hydroxylation is 1. The maximum absolute atomic E-state index is 11.9. The number of hydrogen-bond acceptors (Lipinski definition) is 5. The number of Topliss-reactive ketones (excluding diaryl/α,β-unsaturated/α-hetero) is 1. The van der Waals surface area contributed by atoms with Crippen molar-refractivity contribution in [3.8, 4) is 5.75 Å². The maximum Gasteiger partial charge on any atom is 0.176 e. The molecule has 0 radical (unpaired) electrons. The predicted octanol–water partition coefficient (Wildman–Crippen LogP) is 3.33. The van der Waals surface area contributed by atoms with Crippen LogP contribution in [-0.2, 0) is 6.42 Å². The van der Waals surface area contributed by atoms with Gasteiger partial charge < -0.3 is 19.6 Å². The molecule has 1 heterocycles. The Balaban J connectivity index is 2.17. The van der Waals surface area contributed by atoms with Crippen molar-refractivity contribution >= 4 is 16.8 Å². The molecule has 1 aromatic carbocycles. The fourth-order valence-corrected chi connectivity index (χ4v) is 2.56. The lowest BCUT2D eigenvalue weighted by Crippen LogP contribution is -2.42. The molecule has 0 amide bonds. The highest BCUT2D eigenvalue weighted by atomic mass is 16.5. The minimum absolute atomic E-state index is 0.0165. The van der Waals surface area contributed by atoms with Crippen molar-refractivity contribution in [2.75, 3.05) is 13.2 Å². The molecule has 1 aromatic heterocycles. The first-order chi connectivity index (χ1) is 11.2. The number of β-amino-alcohol motifs (C(OH)–C–C–N with tert-alkyl or cyclic N) is 1. The Morgan fingerprint density at radius 3 is 2.67 bits per heavy atom. The van der Waals surface area contributed by atoms with Crippen molar-refractivity contribution in [1.29, 1.82) is 0 Å². The van der Waals surface area contributed by atoms with Gasteiger partial charge in [0.2, 0.25) is 0 Å². The molecule has 0 bridgehead atoms. The van der Waals surface area contributed by atoms with E-state index in [0.29, 0.717) is 35.6 Å². The summed E-state index contributed by atoms with van der Waals surface area (Å²) in [6.45, 7) is 10.2. The predicted molar refractivity (Wildman–Crippen MR) is 94.9 cm³/mol. The largest absolute Gasteiger partial charge is 0.487 e. The molecule has 2 rings (SSSR count). The number of ether oxygens (including phenoxy) is 1. The van der Waals surface area contributed by atoms with Gasteiger partial charge in [-0.1, -0.05) is 19.1 Å². The van der Waals surface area contributed by atoms with E-state index in [1.807, 2.05) is 39.8 Å². The number of para-hydroxylation sites is 1. The van der Waals surface area contributed by atoms with Crippen molar-refractivity contribution in [2.24, 2.45) is 0 Å². The summed E-state index contributed by atoms with van der Waals surface area (Å²) in [6.07, 6.45) is 0.00797. The average molecular weight is 333 g/mol. The molecule has 0 aliphatic carbocycles. The van der Waals surface area contributed by atoms with Crippen LogP contribution >= 0.6 is 0 Å². The molecule has 5 heteroatoms. The first-order valence-electron chi connectivity index (χ1n) is 8.34. The zero-order valence-corrected chi connectivity index (χ0v) is 15.1. The van der Waals surface area contributed by atoms with Crippen LogP contribution < -0.4 is 10.1 Å². The van der Waals surface area contributed by atoms with E-state index in [1.54, 1.807) is 13.0 Å². The standard InChI is InChI=1S/C19H27NO4/c1-6-15-17(12(2)21)14-8-7-9-16(18(14)24-15)23-11-13(22)10-20-19(3,4)5/h7-9,13,20,22H,6,10-11H2,1-5H3. The fourth-order valence-electron chi connectivity index (χ4n) is 2.56. The number of furan rings is 1. The van der Waals surface area contributed by atoms with Crippen LogP contribution in [0.5, 0.6) is 5.75 Å². The third-order valence-electron chi connectivity index (χ3n) is 3.72. The number of aliphatic hydroxyl groups is 1.